The topological polar surface area (TPSA) is 237 Å². The van der Waals surface area contributed by atoms with Crippen LogP contribution in [-0.2, 0) is 65.4 Å². The van der Waals surface area contributed by atoms with E-state index in [0.717, 1.165) is 95.8 Å². The van der Waals surface area contributed by atoms with Gasteiger partial charge in [0.25, 0.3) is 0 Å². The standard InChI is InChI=1S/C79H154O17P2/c1-6-10-13-16-19-22-25-28-29-30-31-32-33-34-35-38-45-50-55-60-65-79(84)96-75(69-90-77(82)63-58-53-48-43-40-39-41-46-51-56-61-72(5)9-4)71-94-98(87,88)92-67-73(80)66-91-97(85,86)93-70-74(95-78(83)64-59-54-49-44-37-27-24-21-18-15-12-8-3)68-89-76(81)62-57-52-47-42-36-26-23-20-17-14-11-7-2/h72-75,80H,6-71H2,1-5H3,(H,85,86)(H,87,88)/t72?,73-,74+,75+/m0/s1. The summed E-state index contributed by atoms with van der Waals surface area (Å²) >= 11 is 0. The molecule has 98 heavy (non-hydrogen) atoms. The lowest BCUT2D eigenvalue weighted by atomic mass is 9.99. The first-order valence-corrected chi connectivity index (χ1v) is 44.2. The van der Waals surface area contributed by atoms with Crippen LogP contribution in [0.2, 0.25) is 0 Å². The maximum atomic E-state index is 13.1. The van der Waals surface area contributed by atoms with E-state index in [1.54, 1.807) is 0 Å². The minimum absolute atomic E-state index is 0.108. The SMILES string of the molecule is CCCCCCCCCCCCCCCCCCCCCCC(=O)O[C@H](COC(=O)CCCCCCCCCCCCC(C)CC)COP(=O)(O)OC[C@@H](O)COP(=O)(O)OC[C@@H](COC(=O)CCCCCCCCCCCCCC)OC(=O)CCCCCCCCCCCCCC. The maximum Gasteiger partial charge on any atom is 0.472 e. The molecular formula is C79H154O17P2. The highest BCUT2D eigenvalue weighted by molar-refractivity contribution is 7.47. The van der Waals surface area contributed by atoms with Crippen molar-refractivity contribution >= 4 is 39.5 Å². The van der Waals surface area contributed by atoms with Crippen molar-refractivity contribution in [2.24, 2.45) is 5.92 Å². The normalized spacial score (nSPS) is 14.2. The van der Waals surface area contributed by atoms with E-state index in [9.17, 15) is 43.2 Å². The van der Waals surface area contributed by atoms with E-state index < -0.39 is 97.5 Å². The monoisotopic (exact) mass is 1440 g/mol. The molecule has 0 aromatic heterocycles. The van der Waals surface area contributed by atoms with Gasteiger partial charge in [0.05, 0.1) is 26.4 Å². The zero-order valence-electron chi connectivity index (χ0n) is 63.9. The Kier molecular flexibility index (Phi) is 70.6. The third kappa shape index (κ3) is 71.1. The Hall–Kier alpha value is -1.94. The molecule has 0 rings (SSSR count). The van der Waals surface area contributed by atoms with Crippen molar-refractivity contribution < 1.29 is 80.2 Å². The molecule has 0 saturated heterocycles. The number of aliphatic hydroxyl groups is 1. The van der Waals surface area contributed by atoms with Gasteiger partial charge in [-0.2, -0.15) is 0 Å². The third-order valence-corrected chi connectivity index (χ3v) is 20.8. The number of hydrogen-bond acceptors (Lipinski definition) is 15. The molecule has 0 aliphatic carbocycles. The number of carbonyl (C=O) groups is 4. The second kappa shape index (κ2) is 72.0. The van der Waals surface area contributed by atoms with Crippen LogP contribution in [0, 0.1) is 5.92 Å². The van der Waals surface area contributed by atoms with Crippen LogP contribution in [0.4, 0.5) is 0 Å². The van der Waals surface area contributed by atoms with Crippen molar-refractivity contribution in [2.75, 3.05) is 39.6 Å². The number of unbranched alkanes of at least 4 members (excludes halogenated alkanes) is 50. The van der Waals surface area contributed by atoms with Gasteiger partial charge in [0.15, 0.2) is 12.2 Å². The van der Waals surface area contributed by atoms with Gasteiger partial charge in [-0.1, -0.05) is 369 Å². The number of rotatable bonds is 79. The Morgan fingerprint density at radius 1 is 0.286 bits per heavy atom. The molecule has 0 radical (unpaired) electrons. The molecule has 0 aromatic carbocycles. The third-order valence-electron chi connectivity index (χ3n) is 18.9. The predicted molar refractivity (Wildman–Crippen MR) is 400 cm³/mol. The predicted octanol–water partition coefficient (Wildman–Crippen LogP) is 23.6. The van der Waals surface area contributed by atoms with Gasteiger partial charge in [-0.15, -0.1) is 0 Å². The summed E-state index contributed by atoms with van der Waals surface area (Å²) < 4.78 is 68.6. The summed E-state index contributed by atoms with van der Waals surface area (Å²) in [5.74, 6) is -1.30. The molecule has 0 heterocycles. The lowest BCUT2D eigenvalue weighted by molar-refractivity contribution is -0.161. The highest BCUT2D eigenvalue weighted by Gasteiger charge is 2.30. The highest BCUT2D eigenvalue weighted by Crippen LogP contribution is 2.45. The molecule has 0 aliphatic rings. The van der Waals surface area contributed by atoms with E-state index >= 15 is 0 Å². The maximum absolute atomic E-state index is 13.1. The van der Waals surface area contributed by atoms with Gasteiger partial charge in [0, 0.05) is 25.7 Å². The van der Waals surface area contributed by atoms with Crippen LogP contribution in [0.3, 0.4) is 0 Å². The van der Waals surface area contributed by atoms with Crippen LogP contribution in [0.5, 0.6) is 0 Å². The molecule has 0 fully saturated rings. The van der Waals surface area contributed by atoms with Crippen LogP contribution in [0.25, 0.3) is 0 Å². The van der Waals surface area contributed by atoms with Crippen molar-refractivity contribution in [3.05, 3.63) is 0 Å². The number of phosphoric ester groups is 2. The molecule has 6 atom stereocenters. The Morgan fingerprint density at radius 3 is 0.724 bits per heavy atom. The van der Waals surface area contributed by atoms with Crippen LogP contribution in [0.1, 0.15) is 420 Å². The summed E-state index contributed by atoms with van der Waals surface area (Å²) in [5, 5.41) is 10.6. The summed E-state index contributed by atoms with van der Waals surface area (Å²) in [7, 11) is -9.91. The molecule has 17 nitrogen and oxygen atoms in total. The lowest BCUT2D eigenvalue weighted by Crippen LogP contribution is -2.30. The second-order valence-corrected chi connectivity index (χ2v) is 31.6. The quantitative estimate of drug-likeness (QED) is 0.0222. The van der Waals surface area contributed by atoms with Crippen molar-refractivity contribution in [1.82, 2.24) is 0 Å². The molecule has 0 amide bonds. The van der Waals surface area contributed by atoms with Crippen molar-refractivity contribution in [3.8, 4) is 0 Å². The smallest absolute Gasteiger partial charge is 0.462 e. The van der Waals surface area contributed by atoms with Gasteiger partial charge < -0.3 is 33.8 Å². The fourth-order valence-corrected chi connectivity index (χ4v) is 13.8. The van der Waals surface area contributed by atoms with E-state index in [4.69, 9.17) is 37.0 Å². The fraction of sp³-hybridized carbons (Fsp3) is 0.949. The van der Waals surface area contributed by atoms with Crippen LogP contribution >= 0.6 is 15.6 Å². The van der Waals surface area contributed by atoms with E-state index in [0.29, 0.717) is 25.7 Å². The van der Waals surface area contributed by atoms with Crippen LogP contribution < -0.4 is 0 Å². The lowest BCUT2D eigenvalue weighted by Gasteiger charge is -2.21. The van der Waals surface area contributed by atoms with Gasteiger partial charge in [0.2, 0.25) is 0 Å². The minimum Gasteiger partial charge on any atom is -0.462 e. The summed E-state index contributed by atoms with van der Waals surface area (Å²) in [6.07, 6.45) is 62.3. The van der Waals surface area contributed by atoms with Crippen molar-refractivity contribution in [2.45, 2.75) is 438 Å². The Morgan fingerprint density at radius 2 is 0.490 bits per heavy atom. The molecule has 0 saturated carbocycles. The summed E-state index contributed by atoms with van der Waals surface area (Å²) in [5.41, 5.74) is 0. The first-order valence-electron chi connectivity index (χ1n) is 41.2. The molecule has 582 valence electrons. The first kappa shape index (κ1) is 96.1. The Labute approximate surface area is 600 Å². The first-order chi connectivity index (χ1) is 47.6. The Bertz CT molecular complexity index is 1880. The fourth-order valence-electron chi connectivity index (χ4n) is 12.2. The van der Waals surface area contributed by atoms with Gasteiger partial charge in [-0.3, -0.25) is 37.3 Å². The zero-order valence-corrected chi connectivity index (χ0v) is 65.7. The molecule has 3 unspecified atom stereocenters. The molecule has 19 heteroatoms. The number of esters is 4. The summed E-state index contributed by atoms with van der Waals surface area (Å²) in [4.78, 5) is 72.9. The molecular weight excluding hydrogens is 1280 g/mol. The molecule has 0 aliphatic heterocycles. The summed E-state index contributed by atoms with van der Waals surface area (Å²) in [6.45, 7) is 7.34. The van der Waals surface area contributed by atoms with Gasteiger partial charge >= 0.3 is 39.5 Å². The average Bonchev–Trinajstić information content (AvgIpc) is 0.968. The highest BCUT2D eigenvalue weighted by atomic mass is 31.2. The van der Waals surface area contributed by atoms with Crippen LogP contribution in [0.15, 0.2) is 0 Å². The van der Waals surface area contributed by atoms with Crippen LogP contribution in [-0.4, -0.2) is 96.7 Å². The molecule has 3 N–H and O–H groups in total. The number of phosphoric acid groups is 2. The Balaban J connectivity index is 5.23. The zero-order chi connectivity index (χ0) is 71.9. The van der Waals surface area contributed by atoms with Gasteiger partial charge in [0.1, 0.15) is 19.3 Å². The summed E-state index contributed by atoms with van der Waals surface area (Å²) in [6, 6.07) is 0. The molecule has 0 spiro atoms. The second-order valence-electron chi connectivity index (χ2n) is 28.7. The van der Waals surface area contributed by atoms with Crippen molar-refractivity contribution in [1.29, 1.82) is 0 Å². The average molecular weight is 1440 g/mol. The number of ether oxygens (including phenoxy) is 4. The van der Waals surface area contributed by atoms with Gasteiger partial charge in [-0.25, -0.2) is 9.13 Å². The minimum atomic E-state index is -4.96. The number of aliphatic hydroxyl groups excluding tert-OH is 1. The van der Waals surface area contributed by atoms with Crippen molar-refractivity contribution in [3.63, 3.8) is 0 Å². The molecule has 0 bridgehead atoms. The van der Waals surface area contributed by atoms with E-state index in [1.165, 1.54) is 244 Å². The van der Waals surface area contributed by atoms with E-state index in [1.807, 2.05) is 0 Å². The molecule has 0 aromatic rings. The van der Waals surface area contributed by atoms with E-state index in [-0.39, 0.29) is 25.7 Å². The largest absolute Gasteiger partial charge is 0.472 e. The number of hydrogen-bond donors (Lipinski definition) is 3. The van der Waals surface area contributed by atoms with Gasteiger partial charge in [-0.05, 0) is 31.6 Å². The number of carbonyl (C=O) groups excluding carboxylic acids is 4. The van der Waals surface area contributed by atoms with E-state index in [2.05, 4.69) is 34.6 Å².